The Morgan fingerprint density at radius 2 is 1.91 bits per heavy atom. The van der Waals surface area contributed by atoms with Crippen LogP contribution in [0.15, 0.2) is 12.1 Å². The second-order valence-electron chi connectivity index (χ2n) is 7.05. The minimum atomic E-state index is -0.494. The van der Waals surface area contributed by atoms with Crippen molar-refractivity contribution in [3.63, 3.8) is 0 Å². The molecule has 23 heavy (non-hydrogen) atoms. The molecule has 1 fully saturated rings. The van der Waals surface area contributed by atoms with Crippen LogP contribution in [0.3, 0.4) is 0 Å². The Hall–Kier alpha value is -1.98. The van der Waals surface area contributed by atoms with Gasteiger partial charge in [-0.15, -0.1) is 0 Å². The first kappa shape index (κ1) is 15.9. The van der Waals surface area contributed by atoms with E-state index in [0.29, 0.717) is 31.9 Å². The number of nitrogens with one attached hydrogen (secondary N) is 1. The summed E-state index contributed by atoms with van der Waals surface area (Å²) in [5, 5.41) is 3.28. The van der Waals surface area contributed by atoms with E-state index in [2.05, 4.69) is 5.32 Å². The van der Waals surface area contributed by atoms with Gasteiger partial charge in [0.25, 0.3) is 0 Å². The summed E-state index contributed by atoms with van der Waals surface area (Å²) in [4.78, 5) is 15.9. The Bertz CT molecular complexity index is 605. The van der Waals surface area contributed by atoms with Crippen LogP contribution in [-0.2, 0) is 11.2 Å². The van der Waals surface area contributed by atoms with Crippen molar-refractivity contribution in [2.75, 3.05) is 42.9 Å². The number of carbonyl (C=O) groups is 1. The Labute approximate surface area is 136 Å². The van der Waals surface area contributed by atoms with Gasteiger partial charge < -0.3 is 19.9 Å². The minimum absolute atomic E-state index is 0.182. The number of rotatable bonds is 1. The number of hydrogen-bond donors (Lipinski definition) is 1. The molecule has 1 saturated heterocycles. The zero-order valence-electron chi connectivity index (χ0n) is 14.0. The highest BCUT2D eigenvalue weighted by Gasteiger charge is 2.29. The molecule has 2 aliphatic heterocycles. The predicted octanol–water partition coefficient (Wildman–Crippen LogP) is 2.85. The van der Waals surface area contributed by atoms with Gasteiger partial charge in [0.1, 0.15) is 11.4 Å². The van der Waals surface area contributed by atoms with Crippen molar-refractivity contribution in [1.29, 1.82) is 0 Å². The lowest BCUT2D eigenvalue weighted by Crippen LogP contribution is -2.50. The molecule has 1 amide bonds. The van der Waals surface area contributed by atoms with Gasteiger partial charge >= 0.3 is 6.09 Å². The van der Waals surface area contributed by atoms with E-state index in [1.807, 2.05) is 25.7 Å². The molecule has 2 heterocycles. The zero-order chi connectivity index (χ0) is 16.6. The molecule has 1 aromatic carbocycles. The van der Waals surface area contributed by atoms with Crippen molar-refractivity contribution >= 4 is 17.5 Å². The Balaban J connectivity index is 1.68. The van der Waals surface area contributed by atoms with E-state index >= 15 is 0 Å². The van der Waals surface area contributed by atoms with Gasteiger partial charge in [-0.2, -0.15) is 0 Å². The maximum absolute atomic E-state index is 14.3. The van der Waals surface area contributed by atoms with Crippen molar-refractivity contribution in [2.24, 2.45) is 0 Å². The maximum atomic E-state index is 14.3. The van der Waals surface area contributed by atoms with Crippen LogP contribution in [0.25, 0.3) is 0 Å². The monoisotopic (exact) mass is 321 g/mol. The molecule has 1 N–H and O–H groups in total. The Morgan fingerprint density at radius 3 is 2.57 bits per heavy atom. The summed E-state index contributed by atoms with van der Waals surface area (Å²) in [6.07, 6.45) is 0.548. The Morgan fingerprint density at radius 1 is 1.22 bits per heavy atom. The highest BCUT2D eigenvalue weighted by Crippen LogP contribution is 2.34. The van der Waals surface area contributed by atoms with Crippen LogP contribution < -0.4 is 10.2 Å². The lowest BCUT2D eigenvalue weighted by Gasteiger charge is -2.37. The number of ether oxygens (including phenoxy) is 1. The molecule has 0 aliphatic carbocycles. The largest absolute Gasteiger partial charge is 0.444 e. The van der Waals surface area contributed by atoms with E-state index in [-0.39, 0.29) is 11.9 Å². The molecule has 0 unspecified atom stereocenters. The van der Waals surface area contributed by atoms with E-state index in [0.717, 1.165) is 24.2 Å². The van der Waals surface area contributed by atoms with Crippen LogP contribution in [0.1, 0.15) is 26.3 Å². The van der Waals surface area contributed by atoms with Crippen molar-refractivity contribution in [3.05, 3.63) is 23.5 Å². The van der Waals surface area contributed by atoms with E-state index in [4.69, 9.17) is 4.74 Å². The second kappa shape index (κ2) is 5.91. The van der Waals surface area contributed by atoms with Crippen molar-refractivity contribution < 1.29 is 13.9 Å². The van der Waals surface area contributed by atoms with Crippen molar-refractivity contribution in [3.8, 4) is 0 Å². The number of halogens is 1. The molecule has 0 saturated carbocycles. The van der Waals surface area contributed by atoms with Crippen LogP contribution in [-0.4, -0.2) is 49.3 Å². The maximum Gasteiger partial charge on any atom is 0.410 e. The third kappa shape index (κ3) is 3.35. The molecule has 5 nitrogen and oxygen atoms in total. The average molecular weight is 321 g/mol. The normalized spacial score (nSPS) is 17.7. The molecule has 6 heteroatoms. The van der Waals surface area contributed by atoms with Crippen molar-refractivity contribution in [2.45, 2.75) is 32.8 Å². The van der Waals surface area contributed by atoms with E-state index in [1.165, 1.54) is 6.07 Å². The third-order valence-electron chi connectivity index (χ3n) is 4.17. The molecular formula is C17H24FN3O2. The first-order chi connectivity index (χ1) is 10.8. The van der Waals surface area contributed by atoms with Gasteiger partial charge in [-0.25, -0.2) is 9.18 Å². The van der Waals surface area contributed by atoms with Crippen LogP contribution in [0.5, 0.6) is 0 Å². The van der Waals surface area contributed by atoms with Crippen molar-refractivity contribution in [1.82, 2.24) is 4.90 Å². The second-order valence-corrected chi connectivity index (χ2v) is 7.05. The summed E-state index contributed by atoms with van der Waals surface area (Å²) in [6, 6.07) is 3.32. The lowest BCUT2D eigenvalue weighted by atomic mass is 10.1. The van der Waals surface area contributed by atoms with Crippen LogP contribution in [0, 0.1) is 5.82 Å². The fraction of sp³-hybridized carbons (Fsp3) is 0.588. The molecule has 126 valence electrons. The summed E-state index contributed by atoms with van der Waals surface area (Å²) < 4.78 is 19.7. The SMILES string of the molecule is CC(C)(C)OC(=O)N1CCN(c2c(F)ccc3c2CCN3)CC1. The van der Waals surface area contributed by atoms with E-state index < -0.39 is 5.60 Å². The first-order valence-electron chi connectivity index (χ1n) is 8.13. The fourth-order valence-electron chi connectivity index (χ4n) is 3.13. The summed E-state index contributed by atoms with van der Waals surface area (Å²) in [6.45, 7) is 8.75. The van der Waals surface area contributed by atoms with Crippen LogP contribution >= 0.6 is 0 Å². The van der Waals surface area contributed by atoms with Gasteiger partial charge in [0.05, 0.1) is 5.69 Å². The molecule has 0 radical (unpaired) electrons. The zero-order valence-corrected chi connectivity index (χ0v) is 14.0. The van der Waals surface area contributed by atoms with Crippen LogP contribution in [0.4, 0.5) is 20.6 Å². The molecule has 0 atom stereocenters. The number of amides is 1. The number of fused-ring (bicyclic) bond motifs is 1. The van der Waals surface area contributed by atoms with E-state index in [9.17, 15) is 9.18 Å². The summed E-state index contributed by atoms with van der Waals surface area (Å²) in [7, 11) is 0. The van der Waals surface area contributed by atoms with Gasteiger partial charge in [-0.3, -0.25) is 0 Å². The number of benzene rings is 1. The van der Waals surface area contributed by atoms with Gasteiger partial charge in [0.2, 0.25) is 0 Å². The van der Waals surface area contributed by atoms with Gasteiger partial charge in [-0.1, -0.05) is 0 Å². The highest BCUT2D eigenvalue weighted by atomic mass is 19.1. The van der Waals surface area contributed by atoms with Gasteiger partial charge in [0, 0.05) is 44.0 Å². The number of piperazine rings is 1. The molecule has 2 aliphatic rings. The molecule has 0 spiro atoms. The molecule has 0 bridgehead atoms. The lowest BCUT2D eigenvalue weighted by molar-refractivity contribution is 0.0240. The minimum Gasteiger partial charge on any atom is -0.444 e. The fourth-order valence-corrected chi connectivity index (χ4v) is 3.13. The standard InChI is InChI=1S/C17H24FN3O2/c1-17(2,3)23-16(22)21-10-8-20(9-11-21)15-12-6-7-19-14(12)5-4-13(15)18/h4-5,19H,6-11H2,1-3H3. The topological polar surface area (TPSA) is 44.8 Å². The van der Waals surface area contributed by atoms with Gasteiger partial charge in [0.15, 0.2) is 0 Å². The number of carbonyl (C=O) groups excluding carboxylic acids is 1. The molecular weight excluding hydrogens is 297 g/mol. The quantitative estimate of drug-likeness (QED) is 0.864. The molecule has 0 aromatic heterocycles. The van der Waals surface area contributed by atoms with Gasteiger partial charge in [-0.05, 0) is 39.3 Å². The smallest absolute Gasteiger partial charge is 0.410 e. The number of hydrogen-bond acceptors (Lipinski definition) is 4. The molecule has 1 aromatic rings. The summed E-state index contributed by atoms with van der Waals surface area (Å²) in [5.41, 5.74) is 2.27. The number of anilines is 2. The number of nitrogens with zero attached hydrogens (tertiary/aromatic N) is 2. The average Bonchev–Trinajstić information content (AvgIpc) is 2.94. The summed E-state index contributed by atoms with van der Waals surface area (Å²) >= 11 is 0. The van der Waals surface area contributed by atoms with E-state index in [1.54, 1.807) is 11.0 Å². The highest BCUT2D eigenvalue weighted by molar-refractivity contribution is 5.71. The molecule has 3 rings (SSSR count). The Kier molecular flexibility index (Phi) is 4.08. The third-order valence-corrected chi connectivity index (χ3v) is 4.17. The van der Waals surface area contributed by atoms with Crippen LogP contribution in [0.2, 0.25) is 0 Å². The summed E-state index contributed by atoms with van der Waals surface area (Å²) in [5.74, 6) is -0.182. The first-order valence-corrected chi connectivity index (χ1v) is 8.13. The predicted molar refractivity (Wildman–Crippen MR) is 88.6 cm³/mol.